The predicted molar refractivity (Wildman–Crippen MR) is 63.7 cm³/mol. The summed E-state index contributed by atoms with van der Waals surface area (Å²) >= 11 is 0.873. The van der Waals surface area contributed by atoms with Gasteiger partial charge in [0, 0.05) is 6.92 Å². The number of carbonyl (C=O) groups excluding carboxylic acids is 1. The first-order valence-corrected chi connectivity index (χ1v) is 5.37. The van der Waals surface area contributed by atoms with Gasteiger partial charge in [0.15, 0.2) is 11.1 Å². The summed E-state index contributed by atoms with van der Waals surface area (Å²) in [5, 5.41) is 16.6. The Morgan fingerprint density at radius 1 is 1.59 bits per heavy atom. The summed E-state index contributed by atoms with van der Waals surface area (Å²) in [6, 6.07) is 0.0153. The van der Waals surface area contributed by atoms with Gasteiger partial charge in [-0.1, -0.05) is 16.9 Å². The van der Waals surface area contributed by atoms with Crippen LogP contribution in [0.2, 0.25) is 0 Å². The van der Waals surface area contributed by atoms with E-state index in [9.17, 15) is 4.79 Å². The average molecular weight is 257 g/mol. The number of nitrogens with one attached hydrogen (secondary N) is 2. The molecule has 0 unspecified atom stereocenters. The third-order valence-corrected chi connectivity index (χ3v) is 2.11. The molecule has 0 saturated heterocycles. The van der Waals surface area contributed by atoms with Gasteiger partial charge in [0.25, 0.3) is 0 Å². The quantitative estimate of drug-likeness (QED) is 0.410. The maximum atomic E-state index is 11.3. The monoisotopic (exact) mass is 257 g/mol. The molecular weight excluding hydrogens is 246 g/mol. The summed E-state index contributed by atoms with van der Waals surface area (Å²) in [6.07, 6.45) is 0. The molecule has 0 aliphatic carbocycles. The van der Waals surface area contributed by atoms with Crippen molar-refractivity contribution in [3.05, 3.63) is 5.89 Å². The van der Waals surface area contributed by atoms with Crippen molar-refractivity contribution in [3.63, 3.8) is 0 Å². The van der Waals surface area contributed by atoms with Crippen molar-refractivity contribution < 1.29 is 9.21 Å². The number of aliphatic imine (C=N–C) groups is 1. The van der Waals surface area contributed by atoms with Crippen LogP contribution in [0.3, 0.4) is 0 Å². The number of guanidine groups is 1. The molecule has 0 atom stereocenters. The fourth-order valence-corrected chi connectivity index (χ4v) is 1.30. The number of nitrogens with two attached hydrogens (primary N) is 2. The zero-order valence-corrected chi connectivity index (χ0v) is 9.74. The minimum absolute atomic E-state index is 0.0153. The van der Waals surface area contributed by atoms with Crippen LogP contribution < -0.4 is 16.8 Å². The number of hydrogen-bond donors (Lipinski definition) is 4. The van der Waals surface area contributed by atoms with Gasteiger partial charge in [0.05, 0.1) is 5.75 Å². The lowest BCUT2D eigenvalue weighted by molar-refractivity contribution is -0.113. The summed E-state index contributed by atoms with van der Waals surface area (Å²) < 4.78 is 4.94. The molecule has 1 rings (SSSR count). The number of nitrogens with zero attached hydrogens (tertiary/aromatic N) is 3. The van der Waals surface area contributed by atoms with Gasteiger partial charge < -0.3 is 15.9 Å². The molecule has 1 heterocycles. The van der Waals surface area contributed by atoms with E-state index in [1.165, 1.54) is 0 Å². The largest absolute Gasteiger partial charge is 0.408 e. The van der Waals surface area contributed by atoms with Crippen LogP contribution >= 0.6 is 11.8 Å². The van der Waals surface area contributed by atoms with Crippen molar-refractivity contribution in [1.29, 1.82) is 5.41 Å². The van der Waals surface area contributed by atoms with E-state index in [0.717, 1.165) is 11.8 Å². The maximum Gasteiger partial charge on any atom is 0.322 e. The number of amidine groups is 1. The van der Waals surface area contributed by atoms with Crippen LogP contribution in [0.4, 0.5) is 6.01 Å². The molecular formula is C7H11N7O2S. The molecule has 0 bridgehead atoms. The first-order chi connectivity index (χ1) is 7.97. The minimum Gasteiger partial charge on any atom is -0.408 e. The van der Waals surface area contributed by atoms with Crippen molar-refractivity contribution in [2.45, 2.75) is 6.92 Å². The molecule has 17 heavy (non-hydrogen) atoms. The minimum atomic E-state index is -0.394. The number of rotatable bonds is 3. The Hall–Kier alpha value is -2.10. The van der Waals surface area contributed by atoms with Gasteiger partial charge in [-0.05, 0) is 0 Å². The molecule has 1 aromatic heterocycles. The Morgan fingerprint density at radius 2 is 2.29 bits per heavy atom. The van der Waals surface area contributed by atoms with Crippen LogP contribution in [0.15, 0.2) is 9.41 Å². The molecule has 1 amide bonds. The predicted octanol–water partition coefficient (Wildman–Crippen LogP) is -0.742. The summed E-state index contributed by atoms with van der Waals surface area (Å²) in [5.41, 5.74) is 10.1. The first-order valence-electron chi connectivity index (χ1n) is 4.38. The van der Waals surface area contributed by atoms with E-state index in [-0.39, 0.29) is 22.9 Å². The van der Waals surface area contributed by atoms with Crippen LogP contribution in [0.1, 0.15) is 5.89 Å². The second kappa shape index (κ2) is 5.84. The molecule has 0 aromatic carbocycles. The zero-order chi connectivity index (χ0) is 12.8. The fraction of sp³-hybridized carbons (Fsp3) is 0.286. The van der Waals surface area contributed by atoms with Gasteiger partial charge >= 0.3 is 6.01 Å². The van der Waals surface area contributed by atoms with Crippen molar-refractivity contribution in [2.24, 2.45) is 16.5 Å². The number of aromatic nitrogens is 2. The molecule has 0 aliphatic rings. The second-order valence-electron chi connectivity index (χ2n) is 2.80. The van der Waals surface area contributed by atoms with Crippen molar-refractivity contribution >= 4 is 34.8 Å². The van der Waals surface area contributed by atoms with E-state index in [0.29, 0.717) is 5.89 Å². The molecule has 10 heteroatoms. The third-order valence-electron chi connectivity index (χ3n) is 1.34. The van der Waals surface area contributed by atoms with Gasteiger partial charge in [0.1, 0.15) is 0 Å². The third kappa shape index (κ3) is 4.97. The van der Waals surface area contributed by atoms with E-state index in [1.807, 2.05) is 0 Å². The summed E-state index contributed by atoms with van der Waals surface area (Å²) in [7, 11) is 0. The van der Waals surface area contributed by atoms with Crippen LogP contribution in [-0.4, -0.2) is 33.0 Å². The Balaban J connectivity index is 2.36. The van der Waals surface area contributed by atoms with E-state index >= 15 is 0 Å². The number of amides is 1. The lowest BCUT2D eigenvalue weighted by Gasteiger charge is -1.99. The van der Waals surface area contributed by atoms with E-state index in [2.05, 4.69) is 20.5 Å². The molecule has 0 spiro atoms. The summed E-state index contributed by atoms with van der Waals surface area (Å²) in [4.78, 5) is 14.8. The molecule has 9 nitrogen and oxygen atoms in total. The SMILES string of the molecule is Cc1nnc(NC(=O)CSC(=N)N=C(N)N)o1. The van der Waals surface area contributed by atoms with Gasteiger partial charge in [-0.25, -0.2) is 0 Å². The van der Waals surface area contributed by atoms with Gasteiger partial charge in [-0.2, -0.15) is 4.99 Å². The number of anilines is 1. The van der Waals surface area contributed by atoms with Gasteiger partial charge in [-0.15, -0.1) is 5.10 Å². The molecule has 1 aromatic rings. The van der Waals surface area contributed by atoms with Crippen LogP contribution in [0.5, 0.6) is 0 Å². The van der Waals surface area contributed by atoms with Crippen molar-refractivity contribution in [3.8, 4) is 0 Å². The zero-order valence-electron chi connectivity index (χ0n) is 8.93. The Bertz CT molecular complexity index is 451. The highest BCUT2D eigenvalue weighted by Gasteiger charge is 2.09. The molecule has 0 saturated carbocycles. The molecule has 0 fully saturated rings. The number of thioether (sulfide) groups is 1. The molecule has 0 aliphatic heterocycles. The standard InChI is InChI=1S/C7H11N7O2S/c1-3-13-14-7(16-3)11-4(15)2-17-6(10)12-5(8)9/h2H2,1H3,(H,11,14,15)(H5,8,9,10,12). The summed E-state index contributed by atoms with van der Waals surface area (Å²) in [5.74, 6) is -0.303. The van der Waals surface area contributed by atoms with Crippen LogP contribution in [-0.2, 0) is 4.79 Å². The highest BCUT2D eigenvalue weighted by Crippen LogP contribution is 2.07. The first kappa shape index (κ1) is 13.0. The normalized spacial score (nSPS) is 9.71. The topological polar surface area (TPSA) is 156 Å². The summed E-state index contributed by atoms with van der Waals surface area (Å²) in [6.45, 7) is 1.60. The molecule has 6 N–H and O–H groups in total. The Labute approximate surface area is 101 Å². The van der Waals surface area contributed by atoms with E-state index in [4.69, 9.17) is 21.3 Å². The van der Waals surface area contributed by atoms with Gasteiger partial charge in [0.2, 0.25) is 11.8 Å². The van der Waals surface area contributed by atoms with Gasteiger partial charge in [-0.3, -0.25) is 15.5 Å². The number of aryl methyl sites for hydroxylation is 1. The maximum absolute atomic E-state index is 11.3. The second-order valence-corrected chi connectivity index (χ2v) is 3.77. The smallest absolute Gasteiger partial charge is 0.322 e. The highest BCUT2D eigenvalue weighted by molar-refractivity contribution is 8.14. The lowest BCUT2D eigenvalue weighted by Crippen LogP contribution is -2.24. The van der Waals surface area contributed by atoms with Crippen LogP contribution in [0, 0.1) is 12.3 Å². The Morgan fingerprint density at radius 3 is 2.82 bits per heavy atom. The van der Waals surface area contributed by atoms with Crippen LogP contribution in [0.25, 0.3) is 0 Å². The number of carbonyl (C=O) groups is 1. The fourth-order valence-electron chi connectivity index (χ4n) is 0.786. The molecule has 0 radical (unpaired) electrons. The average Bonchev–Trinajstić information content (AvgIpc) is 2.60. The van der Waals surface area contributed by atoms with E-state index in [1.54, 1.807) is 6.92 Å². The van der Waals surface area contributed by atoms with Crippen molar-refractivity contribution in [2.75, 3.05) is 11.1 Å². The molecule has 92 valence electrons. The highest BCUT2D eigenvalue weighted by atomic mass is 32.2. The number of hydrogen-bond acceptors (Lipinski definition) is 6. The van der Waals surface area contributed by atoms with Crippen molar-refractivity contribution in [1.82, 2.24) is 10.2 Å². The lowest BCUT2D eigenvalue weighted by atomic mass is 10.7. The van der Waals surface area contributed by atoms with E-state index < -0.39 is 5.91 Å². The Kier molecular flexibility index (Phi) is 4.46.